The minimum atomic E-state index is 0.960. The molecule has 0 amide bonds. The molecule has 13 heavy (non-hydrogen) atoms. The Morgan fingerprint density at radius 1 is 1.15 bits per heavy atom. The first kappa shape index (κ1) is 11.0. The maximum absolute atomic E-state index is 2.39. The van der Waals surface area contributed by atoms with Gasteiger partial charge in [-0.1, -0.05) is 34.7 Å². The Hall–Kier alpha value is -0.0900. The Balaban J connectivity index is 2.92. The average Bonchev–Trinajstić information content (AvgIpc) is 2.18. The number of hydrogen-bond acceptors (Lipinski definition) is 0. The molecule has 0 heterocycles. The van der Waals surface area contributed by atoms with Crippen molar-refractivity contribution in [2.45, 2.75) is 11.4 Å². The minimum absolute atomic E-state index is 0.960. The summed E-state index contributed by atoms with van der Waals surface area (Å²) in [7, 11) is 4.47. The fourth-order valence-electron chi connectivity index (χ4n) is 1.17. The van der Waals surface area contributed by atoms with Crippen LogP contribution < -0.4 is 4.48 Å². The van der Waals surface area contributed by atoms with E-state index in [0.29, 0.717) is 0 Å². The molecule has 0 fully saturated rings. The summed E-state index contributed by atoms with van der Waals surface area (Å²) in [5.41, 5.74) is 2.79. The fourth-order valence-corrected chi connectivity index (χ4v) is 1.68. The molecular weight excluding hydrogens is 273 g/mol. The van der Waals surface area contributed by atoms with Crippen LogP contribution in [0.3, 0.4) is 0 Å². The number of benzene rings is 1. The van der Waals surface area contributed by atoms with Crippen molar-refractivity contribution in [2.75, 3.05) is 20.6 Å². The molecule has 0 saturated heterocycles. The van der Waals surface area contributed by atoms with Gasteiger partial charge in [0, 0.05) is 4.43 Å². The topological polar surface area (TPSA) is 0 Å². The Kier molecular flexibility index (Phi) is 3.74. The van der Waals surface area contributed by atoms with Crippen molar-refractivity contribution in [3.05, 3.63) is 29.8 Å². The molecule has 1 aromatic rings. The van der Waals surface area contributed by atoms with E-state index in [1.165, 1.54) is 11.3 Å². The summed E-state index contributed by atoms with van der Waals surface area (Å²) in [5.74, 6) is 0. The van der Waals surface area contributed by atoms with E-state index in [0.717, 1.165) is 15.5 Å². The lowest BCUT2D eigenvalue weighted by Gasteiger charge is -2.27. The molecule has 0 saturated carbocycles. The van der Waals surface area contributed by atoms with Gasteiger partial charge in [0.05, 0.1) is 20.6 Å². The van der Waals surface area contributed by atoms with Gasteiger partial charge in [0.15, 0.2) is 0 Å². The van der Waals surface area contributed by atoms with Crippen LogP contribution in [0.5, 0.6) is 0 Å². The van der Waals surface area contributed by atoms with Crippen molar-refractivity contribution >= 4 is 28.3 Å². The van der Waals surface area contributed by atoms with E-state index >= 15 is 0 Å². The van der Waals surface area contributed by atoms with Gasteiger partial charge in [0.2, 0.25) is 0 Å². The van der Waals surface area contributed by atoms with Crippen molar-refractivity contribution in [3.63, 3.8) is 0 Å². The number of nitrogens with zero attached hydrogens (tertiary/aromatic N) is 1. The van der Waals surface area contributed by atoms with Gasteiger partial charge in [0.25, 0.3) is 0 Å². The quantitative estimate of drug-likeness (QED) is 0.455. The van der Waals surface area contributed by atoms with Crippen molar-refractivity contribution in [1.29, 1.82) is 0 Å². The molecule has 0 aliphatic heterocycles. The molecule has 0 unspecified atom stereocenters. The molecule has 0 bridgehead atoms. The molecule has 0 aromatic heterocycles. The first-order valence-corrected chi connectivity index (χ1v) is 6.11. The molecule has 0 aliphatic carbocycles. The maximum Gasteiger partial charge on any atom is 0.132 e. The Morgan fingerprint density at radius 2 is 1.69 bits per heavy atom. The second kappa shape index (κ2) is 4.42. The molecule has 0 spiro atoms. The monoisotopic (exact) mass is 290 g/mol. The van der Waals surface area contributed by atoms with E-state index in [-0.39, 0.29) is 0 Å². The summed E-state index contributed by atoms with van der Waals surface area (Å²) in [6.07, 6.45) is 0. The highest BCUT2D eigenvalue weighted by Gasteiger charge is 2.14. The number of alkyl halides is 1. The summed E-state index contributed by atoms with van der Waals surface area (Å²) in [4.78, 5) is 0. The van der Waals surface area contributed by atoms with Crippen LogP contribution >= 0.6 is 22.6 Å². The van der Waals surface area contributed by atoms with Crippen LogP contribution in [0, 0.1) is 0 Å². The maximum atomic E-state index is 2.39. The van der Waals surface area contributed by atoms with Crippen LogP contribution in [0.4, 0.5) is 5.69 Å². The molecule has 1 aromatic carbocycles. The normalized spacial score (nSPS) is 11.7. The molecule has 72 valence electrons. The van der Waals surface area contributed by atoms with Crippen LogP contribution in [-0.4, -0.2) is 20.6 Å². The van der Waals surface area contributed by atoms with Gasteiger partial charge in [-0.15, -0.1) is 0 Å². The molecule has 0 aliphatic rings. The molecule has 1 nitrogen and oxygen atoms in total. The first-order chi connectivity index (χ1) is 6.10. The lowest BCUT2D eigenvalue weighted by atomic mass is 10.2. The van der Waals surface area contributed by atoms with E-state index in [9.17, 15) is 0 Å². The number of quaternary nitrogens is 1. The summed E-state index contributed by atoms with van der Waals surface area (Å²) >= 11 is 2.39. The lowest BCUT2D eigenvalue weighted by Crippen LogP contribution is -2.39. The lowest BCUT2D eigenvalue weighted by molar-refractivity contribution is 0.421. The van der Waals surface area contributed by atoms with Crippen LogP contribution in [0.15, 0.2) is 24.3 Å². The van der Waals surface area contributed by atoms with Crippen LogP contribution in [0.2, 0.25) is 0 Å². The number of rotatable bonds is 3. The third kappa shape index (κ3) is 2.68. The predicted molar refractivity (Wildman–Crippen MR) is 68.3 cm³/mol. The van der Waals surface area contributed by atoms with Crippen molar-refractivity contribution in [2.24, 2.45) is 0 Å². The van der Waals surface area contributed by atoms with Crippen molar-refractivity contribution in [3.8, 4) is 0 Å². The highest BCUT2D eigenvalue weighted by Crippen LogP contribution is 2.19. The van der Waals surface area contributed by atoms with Gasteiger partial charge < -0.3 is 0 Å². The summed E-state index contributed by atoms with van der Waals surface area (Å²) in [5, 5.41) is 0. The highest BCUT2D eigenvalue weighted by atomic mass is 127. The third-order valence-electron chi connectivity index (χ3n) is 2.58. The van der Waals surface area contributed by atoms with E-state index in [4.69, 9.17) is 0 Å². The third-order valence-corrected chi connectivity index (χ3v) is 3.46. The van der Waals surface area contributed by atoms with Crippen LogP contribution in [0.25, 0.3) is 0 Å². The second-order valence-corrected chi connectivity index (χ2v) is 4.56. The smallest absolute Gasteiger partial charge is 0.132 e. The highest BCUT2D eigenvalue weighted by molar-refractivity contribution is 14.1. The van der Waals surface area contributed by atoms with Crippen LogP contribution in [0.1, 0.15) is 12.5 Å². The molecule has 0 radical (unpaired) electrons. The summed E-state index contributed by atoms with van der Waals surface area (Å²) in [6, 6.07) is 8.91. The van der Waals surface area contributed by atoms with Crippen molar-refractivity contribution in [1.82, 2.24) is 4.48 Å². The van der Waals surface area contributed by atoms with Gasteiger partial charge in [-0.05, 0) is 24.6 Å². The average molecular weight is 290 g/mol. The molecule has 2 heteroatoms. The predicted octanol–water partition coefficient (Wildman–Crippen LogP) is 3.21. The largest absolute Gasteiger partial charge is 0.296 e. The number of hydrogen-bond donors (Lipinski definition) is 0. The van der Waals surface area contributed by atoms with Gasteiger partial charge in [-0.3, -0.25) is 4.48 Å². The molecule has 1 rings (SSSR count). The van der Waals surface area contributed by atoms with E-state index < -0.39 is 0 Å². The SMILES string of the molecule is CC[N+](C)(C)c1ccc(CI)cc1. The standard InChI is InChI=1S/C11H17IN/c1-4-13(2,3)11-7-5-10(9-12)6-8-11/h5-8H,4,9H2,1-3H3/q+1. The van der Waals surface area contributed by atoms with E-state index in [2.05, 4.69) is 67.9 Å². The van der Waals surface area contributed by atoms with Gasteiger partial charge in [-0.2, -0.15) is 0 Å². The molecule has 0 N–H and O–H groups in total. The summed E-state index contributed by atoms with van der Waals surface area (Å²) in [6.45, 7) is 3.34. The van der Waals surface area contributed by atoms with Gasteiger partial charge in [0.1, 0.15) is 5.69 Å². The number of halogens is 1. The molecular formula is C11H17IN+. The molecule has 0 atom stereocenters. The van der Waals surface area contributed by atoms with Gasteiger partial charge >= 0.3 is 0 Å². The Labute approximate surface area is 94.5 Å². The zero-order valence-electron chi connectivity index (χ0n) is 8.55. The zero-order chi connectivity index (χ0) is 9.90. The van der Waals surface area contributed by atoms with Gasteiger partial charge in [-0.25, -0.2) is 0 Å². The first-order valence-electron chi connectivity index (χ1n) is 4.58. The Morgan fingerprint density at radius 3 is 2.08 bits per heavy atom. The van der Waals surface area contributed by atoms with Crippen molar-refractivity contribution < 1.29 is 0 Å². The summed E-state index contributed by atoms with van der Waals surface area (Å²) < 4.78 is 2.05. The van der Waals surface area contributed by atoms with E-state index in [1.807, 2.05) is 0 Å². The van der Waals surface area contributed by atoms with E-state index in [1.54, 1.807) is 0 Å². The second-order valence-electron chi connectivity index (χ2n) is 3.80. The minimum Gasteiger partial charge on any atom is -0.296 e. The fraction of sp³-hybridized carbons (Fsp3) is 0.455. The zero-order valence-corrected chi connectivity index (χ0v) is 10.7. The van der Waals surface area contributed by atoms with Crippen LogP contribution in [-0.2, 0) is 4.43 Å². The Bertz CT molecular complexity index is 264.